The molecule has 0 spiro atoms. The first-order valence-corrected chi connectivity index (χ1v) is 10.0. The van der Waals surface area contributed by atoms with Crippen LogP contribution in [0.1, 0.15) is 39.4 Å². The van der Waals surface area contributed by atoms with Crippen molar-refractivity contribution in [3.8, 4) is 11.5 Å². The number of methoxy groups -OCH3 is 2. The fraction of sp³-hybridized carbons (Fsp3) is 0.381. The molecule has 1 heterocycles. The number of nitrogens with zero attached hydrogens (tertiary/aromatic N) is 2. The Balaban J connectivity index is 2.50. The number of benzene rings is 1. The molecule has 168 valence electrons. The Kier molecular flexibility index (Phi) is 7.83. The average Bonchev–Trinajstić information content (AvgIpc) is 2.68. The van der Waals surface area contributed by atoms with Gasteiger partial charge in [-0.3, -0.25) is 0 Å². The molecule has 0 aliphatic rings. The molecule has 0 bridgehead atoms. The second-order valence-electron chi connectivity index (χ2n) is 7.41. The molecule has 1 unspecified atom stereocenters. The van der Waals surface area contributed by atoms with E-state index in [1.54, 1.807) is 27.7 Å². The Labute approximate surface area is 188 Å². The number of hydrogen-bond donors (Lipinski definition) is 0. The molecule has 31 heavy (non-hydrogen) atoms. The lowest BCUT2D eigenvalue weighted by atomic mass is 10.1. The van der Waals surface area contributed by atoms with Crippen LogP contribution in [0.5, 0.6) is 11.5 Å². The first-order chi connectivity index (χ1) is 14.5. The van der Waals surface area contributed by atoms with Crippen LogP contribution in [0.3, 0.4) is 0 Å². The van der Waals surface area contributed by atoms with E-state index in [2.05, 4.69) is 20.9 Å². The van der Waals surface area contributed by atoms with E-state index in [0.29, 0.717) is 20.7 Å². The number of ether oxygens (including phenoxy) is 4. The van der Waals surface area contributed by atoms with Crippen LogP contribution in [0, 0.1) is 5.82 Å². The topological polar surface area (TPSA) is 87.2 Å². The van der Waals surface area contributed by atoms with Crippen LogP contribution in [-0.4, -0.2) is 37.0 Å². The standard InChI is InChI=1S/C21H24BrFN2O6/c1-12(15-10-14(23)7-8-16(15)28-5)30-17-9-13(22)11-24-18(17)25(19(26)29-6)20(27)31-21(2,3)4/h7-12H,1-6H3. The third kappa shape index (κ3) is 6.30. The van der Waals surface area contributed by atoms with E-state index in [1.165, 1.54) is 37.6 Å². The first-order valence-electron chi connectivity index (χ1n) is 9.23. The summed E-state index contributed by atoms with van der Waals surface area (Å²) in [4.78, 5) is 29.9. The summed E-state index contributed by atoms with van der Waals surface area (Å²) in [5.41, 5.74) is -0.447. The minimum atomic E-state index is -1.01. The summed E-state index contributed by atoms with van der Waals surface area (Å²) in [6.45, 7) is 6.64. The molecule has 10 heteroatoms. The van der Waals surface area contributed by atoms with E-state index in [1.807, 2.05) is 0 Å². The number of aromatic nitrogens is 1. The molecule has 0 aliphatic carbocycles. The summed E-state index contributed by atoms with van der Waals surface area (Å²) in [6, 6.07) is 5.54. The Hall–Kier alpha value is -2.88. The number of halogens is 2. The Morgan fingerprint density at radius 1 is 1.13 bits per heavy atom. The monoisotopic (exact) mass is 498 g/mol. The largest absolute Gasteiger partial charge is 0.496 e. The van der Waals surface area contributed by atoms with E-state index >= 15 is 0 Å². The highest BCUT2D eigenvalue weighted by Gasteiger charge is 2.33. The molecule has 2 aromatic rings. The molecule has 0 aliphatic heterocycles. The number of anilines is 1. The van der Waals surface area contributed by atoms with Gasteiger partial charge in [0.2, 0.25) is 0 Å². The molecule has 0 N–H and O–H groups in total. The first kappa shape index (κ1) is 24.4. The van der Waals surface area contributed by atoms with Gasteiger partial charge in [-0.05, 0) is 67.9 Å². The third-order valence-corrected chi connectivity index (χ3v) is 4.31. The summed E-state index contributed by atoms with van der Waals surface area (Å²) in [5.74, 6) is -0.143. The lowest BCUT2D eigenvalue weighted by Gasteiger charge is -2.26. The lowest BCUT2D eigenvalue weighted by molar-refractivity contribution is 0.0572. The van der Waals surface area contributed by atoms with E-state index in [9.17, 15) is 14.0 Å². The van der Waals surface area contributed by atoms with Crippen molar-refractivity contribution in [1.29, 1.82) is 0 Å². The SMILES string of the molecule is COC(=O)N(C(=O)OC(C)(C)C)c1ncc(Br)cc1OC(C)c1cc(F)ccc1OC. The van der Waals surface area contributed by atoms with Crippen LogP contribution in [0.2, 0.25) is 0 Å². The van der Waals surface area contributed by atoms with Crippen molar-refractivity contribution in [2.24, 2.45) is 0 Å². The Morgan fingerprint density at radius 3 is 2.39 bits per heavy atom. The van der Waals surface area contributed by atoms with Crippen LogP contribution >= 0.6 is 15.9 Å². The number of rotatable bonds is 5. The van der Waals surface area contributed by atoms with Gasteiger partial charge in [-0.1, -0.05) is 0 Å². The van der Waals surface area contributed by atoms with Gasteiger partial charge in [-0.15, -0.1) is 0 Å². The summed E-state index contributed by atoms with van der Waals surface area (Å²) in [6.07, 6.45) is -1.34. The van der Waals surface area contributed by atoms with Gasteiger partial charge < -0.3 is 18.9 Å². The fourth-order valence-electron chi connectivity index (χ4n) is 2.59. The van der Waals surface area contributed by atoms with Crippen LogP contribution in [0.25, 0.3) is 0 Å². The second-order valence-corrected chi connectivity index (χ2v) is 8.32. The minimum absolute atomic E-state index is 0.0597. The van der Waals surface area contributed by atoms with Gasteiger partial charge in [0, 0.05) is 16.2 Å². The van der Waals surface area contributed by atoms with Crippen molar-refractivity contribution in [1.82, 2.24) is 4.98 Å². The zero-order chi connectivity index (χ0) is 23.3. The molecule has 1 atom stereocenters. The predicted octanol–water partition coefficient (Wildman–Crippen LogP) is 5.64. The zero-order valence-corrected chi connectivity index (χ0v) is 19.6. The number of imide groups is 1. The average molecular weight is 499 g/mol. The van der Waals surface area contributed by atoms with Crippen molar-refractivity contribution < 1.29 is 32.9 Å². The molecule has 2 rings (SSSR count). The predicted molar refractivity (Wildman–Crippen MR) is 115 cm³/mol. The van der Waals surface area contributed by atoms with Crippen molar-refractivity contribution in [2.45, 2.75) is 39.4 Å². The van der Waals surface area contributed by atoms with Gasteiger partial charge >= 0.3 is 12.2 Å². The number of carbonyl (C=O) groups is 2. The smallest absolute Gasteiger partial charge is 0.425 e. The van der Waals surface area contributed by atoms with E-state index < -0.39 is 29.7 Å². The number of pyridine rings is 1. The van der Waals surface area contributed by atoms with Crippen LogP contribution < -0.4 is 14.4 Å². The number of hydrogen-bond acceptors (Lipinski definition) is 7. The van der Waals surface area contributed by atoms with Crippen molar-refractivity contribution in [3.05, 3.63) is 46.3 Å². The maximum Gasteiger partial charge on any atom is 0.425 e. The molecule has 0 radical (unpaired) electrons. The molecule has 0 saturated carbocycles. The van der Waals surface area contributed by atoms with Gasteiger partial charge in [0.25, 0.3) is 0 Å². The molecule has 1 aromatic carbocycles. The lowest BCUT2D eigenvalue weighted by Crippen LogP contribution is -2.41. The summed E-state index contributed by atoms with van der Waals surface area (Å²) >= 11 is 3.29. The normalized spacial score (nSPS) is 12.0. The van der Waals surface area contributed by atoms with Gasteiger partial charge in [0.05, 0.1) is 14.2 Å². The molecular weight excluding hydrogens is 475 g/mol. The van der Waals surface area contributed by atoms with Crippen molar-refractivity contribution in [3.63, 3.8) is 0 Å². The van der Waals surface area contributed by atoms with Crippen LogP contribution in [0.15, 0.2) is 34.9 Å². The highest BCUT2D eigenvalue weighted by molar-refractivity contribution is 9.10. The molecule has 2 amide bonds. The highest BCUT2D eigenvalue weighted by atomic mass is 79.9. The third-order valence-electron chi connectivity index (χ3n) is 3.88. The molecule has 0 fully saturated rings. The van der Waals surface area contributed by atoms with Gasteiger partial charge in [0.1, 0.15) is 23.3 Å². The van der Waals surface area contributed by atoms with E-state index in [0.717, 1.165) is 7.11 Å². The summed E-state index contributed by atoms with van der Waals surface area (Å²) in [7, 11) is 2.58. The maximum atomic E-state index is 13.8. The fourth-order valence-corrected chi connectivity index (χ4v) is 2.90. The Bertz CT molecular complexity index is 963. The molecule has 8 nitrogen and oxygen atoms in total. The minimum Gasteiger partial charge on any atom is -0.496 e. The van der Waals surface area contributed by atoms with E-state index in [4.69, 9.17) is 18.9 Å². The summed E-state index contributed by atoms with van der Waals surface area (Å²) < 4.78 is 35.6. The zero-order valence-electron chi connectivity index (χ0n) is 18.1. The molecular formula is C21H24BrFN2O6. The van der Waals surface area contributed by atoms with E-state index in [-0.39, 0.29) is 11.6 Å². The maximum absolute atomic E-state index is 13.8. The molecule has 1 aromatic heterocycles. The van der Waals surface area contributed by atoms with Gasteiger partial charge in [0.15, 0.2) is 11.6 Å². The Morgan fingerprint density at radius 2 is 1.81 bits per heavy atom. The second kappa shape index (κ2) is 9.95. The van der Waals surface area contributed by atoms with Gasteiger partial charge in [-0.25, -0.2) is 19.0 Å². The number of carbonyl (C=O) groups excluding carboxylic acids is 2. The summed E-state index contributed by atoms with van der Waals surface area (Å²) in [5, 5.41) is 0. The van der Waals surface area contributed by atoms with Crippen LogP contribution in [0.4, 0.5) is 19.8 Å². The number of amides is 2. The van der Waals surface area contributed by atoms with Crippen molar-refractivity contribution in [2.75, 3.05) is 19.1 Å². The van der Waals surface area contributed by atoms with Crippen LogP contribution in [-0.2, 0) is 9.47 Å². The van der Waals surface area contributed by atoms with Crippen molar-refractivity contribution >= 4 is 33.9 Å². The quantitative estimate of drug-likeness (QED) is 0.526. The van der Waals surface area contributed by atoms with Gasteiger partial charge in [-0.2, -0.15) is 4.90 Å². The molecule has 0 saturated heterocycles. The highest BCUT2D eigenvalue weighted by Crippen LogP contribution is 2.36.